The van der Waals surface area contributed by atoms with Gasteiger partial charge in [0.05, 0.1) is 10.8 Å². The SMILES string of the molecule is O=C(CCCCC(=O)c1ccc(Cc2nc(NC3(c4ccc(Cl)cc4)CC3)nc(OCC(F)(F)F)n2)cc1)CCCC(=O)NS(=O)(=O)C1CCC1. The Morgan fingerprint density at radius 3 is 2.18 bits per heavy atom. The number of rotatable bonds is 19. The third-order valence-corrected chi connectivity index (χ3v) is 11.0. The van der Waals surface area contributed by atoms with Crippen molar-refractivity contribution in [3.63, 3.8) is 0 Å². The van der Waals surface area contributed by atoms with Crippen LogP contribution < -0.4 is 14.8 Å². The van der Waals surface area contributed by atoms with Gasteiger partial charge in [-0.15, -0.1) is 0 Å². The van der Waals surface area contributed by atoms with E-state index in [9.17, 15) is 36.0 Å². The third kappa shape index (κ3) is 11.4. The molecule has 2 saturated carbocycles. The molecule has 1 heterocycles. The van der Waals surface area contributed by atoms with E-state index >= 15 is 0 Å². The van der Waals surface area contributed by atoms with Gasteiger partial charge in [-0.25, -0.2) is 8.42 Å². The summed E-state index contributed by atoms with van der Waals surface area (Å²) >= 11 is 6.03. The largest absolute Gasteiger partial charge is 0.454 e. The minimum absolute atomic E-state index is 0.0461. The van der Waals surface area contributed by atoms with Gasteiger partial charge in [0.2, 0.25) is 21.9 Å². The number of alkyl halides is 3. The fraction of sp³-hybridized carbons (Fsp3) is 0.486. The minimum Gasteiger partial charge on any atom is -0.454 e. The standard InChI is InChI=1S/C35H39ClF3N5O6S/c36-26-17-15-25(16-18-26)34(19-20-34)43-32-40-30(41-33(42-32)50-22-35(37,38)39)21-23-11-13-24(14-12-23)29(46)9-2-1-5-27(45)6-3-10-31(47)44-51(48,49)28-7-4-8-28/h11-18,28H,1-10,19-22H2,(H,44,47)(H,40,41,42,43). The van der Waals surface area contributed by atoms with Crippen LogP contribution in [0.3, 0.4) is 0 Å². The van der Waals surface area contributed by atoms with Crippen molar-refractivity contribution in [2.75, 3.05) is 11.9 Å². The summed E-state index contributed by atoms with van der Waals surface area (Å²) in [4.78, 5) is 49.6. The van der Waals surface area contributed by atoms with Crippen LogP contribution in [0.15, 0.2) is 48.5 Å². The molecule has 0 bridgehead atoms. The summed E-state index contributed by atoms with van der Waals surface area (Å²) in [6.07, 6.45) is 0.864. The molecule has 1 aromatic heterocycles. The summed E-state index contributed by atoms with van der Waals surface area (Å²) in [5.41, 5.74) is 1.64. The van der Waals surface area contributed by atoms with Gasteiger partial charge in [-0.3, -0.25) is 19.1 Å². The number of unbranched alkanes of at least 4 members (excludes halogenated alkanes) is 1. The third-order valence-electron chi connectivity index (χ3n) is 8.88. The van der Waals surface area contributed by atoms with Crippen LogP contribution in [-0.4, -0.2) is 58.9 Å². The van der Waals surface area contributed by atoms with Crippen LogP contribution in [0, 0.1) is 0 Å². The molecule has 2 aromatic carbocycles. The Bertz CT molecular complexity index is 1820. The van der Waals surface area contributed by atoms with Crippen molar-refractivity contribution in [1.29, 1.82) is 0 Å². The summed E-state index contributed by atoms with van der Waals surface area (Å²) in [5, 5.41) is 3.32. The predicted octanol–water partition coefficient (Wildman–Crippen LogP) is 6.64. The van der Waals surface area contributed by atoms with Gasteiger partial charge < -0.3 is 10.1 Å². The maximum Gasteiger partial charge on any atom is 0.422 e. The molecular formula is C35H39ClF3N5O6S. The van der Waals surface area contributed by atoms with E-state index in [1.165, 1.54) is 0 Å². The summed E-state index contributed by atoms with van der Waals surface area (Å²) in [5.74, 6) is -0.500. The monoisotopic (exact) mass is 749 g/mol. The maximum absolute atomic E-state index is 12.9. The summed E-state index contributed by atoms with van der Waals surface area (Å²) < 4.78 is 69.7. The summed E-state index contributed by atoms with van der Waals surface area (Å²) in [6.45, 7) is -1.56. The van der Waals surface area contributed by atoms with Gasteiger partial charge in [0.1, 0.15) is 11.6 Å². The van der Waals surface area contributed by atoms with Crippen molar-refractivity contribution in [2.24, 2.45) is 0 Å². The smallest absolute Gasteiger partial charge is 0.422 e. The number of nitrogens with one attached hydrogen (secondary N) is 2. The number of aromatic nitrogens is 3. The zero-order valence-electron chi connectivity index (χ0n) is 27.8. The number of ketones is 2. The van der Waals surface area contributed by atoms with Crippen LogP contribution in [0.1, 0.15) is 104 Å². The van der Waals surface area contributed by atoms with Crippen LogP contribution in [0.25, 0.3) is 0 Å². The highest BCUT2D eigenvalue weighted by atomic mass is 35.5. The zero-order chi connectivity index (χ0) is 36.6. The fourth-order valence-corrected chi connectivity index (χ4v) is 7.29. The van der Waals surface area contributed by atoms with Crippen LogP contribution in [0.5, 0.6) is 6.01 Å². The fourth-order valence-electron chi connectivity index (χ4n) is 5.63. The van der Waals surface area contributed by atoms with Crippen molar-refractivity contribution in [2.45, 2.75) is 100 Å². The Kier molecular flexibility index (Phi) is 12.3. The van der Waals surface area contributed by atoms with Crippen LogP contribution in [-0.2, 0) is 31.6 Å². The van der Waals surface area contributed by atoms with Gasteiger partial charge in [0.15, 0.2) is 12.4 Å². The molecule has 2 fully saturated rings. The molecule has 274 valence electrons. The van der Waals surface area contributed by atoms with E-state index in [4.69, 9.17) is 16.3 Å². The molecule has 3 aromatic rings. The number of Topliss-reactive ketones (excluding diaryl/α,β-unsaturated/α-hetero) is 2. The van der Waals surface area contributed by atoms with Gasteiger partial charge in [-0.2, -0.15) is 28.1 Å². The van der Waals surface area contributed by atoms with E-state index in [1.54, 1.807) is 36.4 Å². The average Bonchev–Trinajstić information content (AvgIpc) is 3.81. The van der Waals surface area contributed by atoms with Crippen LogP contribution in [0.2, 0.25) is 5.02 Å². The molecule has 11 nitrogen and oxygen atoms in total. The van der Waals surface area contributed by atoms with Crippen molar-refractivity contribution in [3.8, 4) is 6.01 Å². The molecule has 2 N–H and O–H groups in total. The Balaban J connectivity index is 1.09. The van der Waals surface area contributed by atoms with E-state index in [0.29, 0.717) is 41.8 Å². The molecular weight excluding hydrogens is 711 g/mol. The lowest BCUT2D eigenvalue weighted by Crippen LogP contribution is -2.41. The molecule has 0 atom stereocenters. The highest BCUT2D eigenvalue weighted by Crippen LogP contribution is 2.48. The van der Waals surface area contributed by atoms with E-state index < -0.39 is 45.5 Å². The second-order valence-corrected chi connectivity index (χ2v) is 15.4. The van der Waals surface area contributed by atoms with Gasteiger partial charge in [-0.1, -0.05) is 54.4 Å². The maximum atomic E-state index is 12.9. The zero-order valence-corrected chi connectivity index (χ0v) is 29.4. The van der Waals surface area contributed by atoms with E-state index in [0.717, 1.165) is 24.8 Å². The molecule has 0 radical (unpaired) electrons. The number of carbonyl (C=O) groups is 3. The predicted molar refractivity (Wildman–Crippen MR) is 183 cm³/mol. The van der Waals surface area contributed by atoms with Gasteiger partial charge >= 0.3 is 12.2 Å². The number of anilines is 1. The molecule has 2 aliphatic carbocycles. The highest BCUT2D eigenvalue weighted by Gasteiger charge is 2.45. The molecule has 1 amide bonds. The number of halogens is 4. The Hall–Kier alpha value is -4.11. The Morgan fingerprint density at radius 2 is 1.55 bits per heavy atom. The number of hydrogen-bond acceptors (Lipinski definition) is 10. The molecule has 2 aliphatic rings. The topological polar surface area (TPSA) is 157 Å². The Labute approximate surface area is 299 Å². The van der Waals surface area contributed by atoms with Crippen molar-refractivity contribution >= 4 is 45.0 Å². The first-order chi connectivity index (χ1) is 24.2. The lowest BCUT2D eigenvalue weighted by atomic mass is 10.0. The second-order valence-electron chi connectivity index (χ2n) is 13.0. The van der Waals surface area contributed by atoms with E-state index in [2.05, 4.69) is 25.0 Å². The average molecular weight is 750 g/mol. The number of sulfonamides is 1. The molecule has 5 rings (SSSR count). The van der Waals surface area contributed by atoms with Crippen LogP contribution in [0.4, 0.5) is 19.1 Å². The van der Waals surface area contributed by atoms with Gasteiger partial charge in [-0.05, 0) is 68.2 Å². The van der Waals surface area contributed by atoms with Gasteiger partial charge in [0.25, 0.3) is 0 Å². The normalized spacial score (nSPS) is 15.5. The minimum atomic E-state index is -4.58. The van der Waals surface area contributed by atoms with Crippen molar-refractivity contribution in [1.82, 2.24) is 19.7 Å². The molecule has 0 spiro atoms. The first-order valence-electron chi connectivity index (χ1n) is 16.9. The van der Waals surface area contributed by atoms with Crippen molar-refractivity contribution in [3.05, 3.63) is 76.1 Å². The molecule has 0 saturated heterocycles. The molecule has 51 heavy (non-hydrogen) atoms. The Morgan fingerprint density at radius 1 is 0.882 bits per heavy atom. The molecule has 0 aliphatic heterocycles. The number of amides is 1. The number of carbonyl (C=O) groups excluding carboxylic acids is 3. The molecule has 0 unspecified atom stereocenters. The number of benzene rings is 2. The van der Waals surface area contributed by atoms with E-state index in [-0.39, 0.29) is 61.9 Å². The lowest BCUT2D eigenvalue weighted by Gasteiger charge is -2.25. The highest BCUT2D eigenvalue weighted by molar-refractivity contribution is 7.90. The lowest BCUT2D eigenvalue weighted by molar-refractivity contribution is -0.154. The van der Waals surface area contributed by atoms with E-state index in [1.807, 2.05) is 12.1 Å². The number of ether oxygens (including phenoxy) is 1. The number of hydrogen-bond donors (Lipinski definition) is 2. The van der Waals surface area contributed by atoms with Crippen LogP contribution >= 0.6 is 11.6 Å². The first-order valence-corrected chi connectivity index (χ1v) is 18.8. The molecule has 16 heteroatoms. The first kappa shape index (κ1) is 38.1. The van der Waals surface area contributed by atoms with Gasteiger partial charge in [0, 0.05) is 42.7 Å². The van der Waals surface area contributed by atoms with Crippen molar-refractivity contribution < 1.29 is 40.7 Å². The second kappa shape index (κ2) is 16.5. The quantitative estimate of drug-likeness (QED) is 0.101. The summed E-state index contributed by atoms with van der Waals surface area (Å²) in [7, 11) is -3.63. The number of nitrogens with zero attached hydrogens (tertiary/aromatic N) is 3. The summed E-state index contributed by atoms with van der Waals surface area (Å²) in [6, 6.07) is 13.5.